The lowest BCUT2D eigenvalue weighted by atomic mass is 10.1. The van der Waals surface area contributed by atoms with E-state index in [4.69, 9.17) is 4.74 Å². The number of benzene rings is 1. The summed E-state index contributed by atoms with van der Waals surface area (Å²) >= 11 is 3.47. The molecule has 2 atom stereocenters. The van der Waals surface area contributed by atoms with Crippen molar-refractivity contribution in [1.29, 1.82) is 0 Å². The van der Waals surface area contributed by atoms with E-state index in [0.29, 0.717) is 13.2 Å². The van der Waals surface area contributed by atoms with E-state index in [1.807, 2.05) is 0 Å². The van der Waals surface area contributed by atoms with Gasteiger partial charge in [-0.1, -0.05) is 15.9 Å². The van der Waals surface area contributed by atoms with Crippen LogP contribution in [0.5, 0.6) is 0 Å². The summed E-state index contributed by atoms with van der Waals surface area (Å²) in [6.45, 7) is 0.748. The van der Waals surface area contributed by atoms with Gasteiger partial charge in [0.05, 0.1) is 12.7 Å². The van der Waals surface area contributed by atoms with Crippen molar-refractivity contribution in [3.63, 3.8) is 0 Å². The van der Waals surface area contributed by atoms with Crippen LogP contribution in [0.15, 0.2) is 16.6 Å². The van der Waals surface area contributed by atoms with Gasteiger partial charge in [0, 0.05) is 24.2 Å². The van der Waals surface area contributed by atoms with E-state index in [-0.39, 0.29) is 11.9 Å². The fraction of sp³-hybridized carbons (Fsp3) is 0.538. The number of hydrogen-bond acceptors (Lipinski definition) is 3. The van der Waals surface area contributed by atoms with Crippen LogP contribution >= 0.6 is 15.9 Å². The summed E-state index contributed by atoms with van der Waals surface area (Å²) in [6.07, 6.45) is 1.05. The van der Waals surface area contributed by atoms with Crippen molar-refractivity contribution >= 4 is 15.9 Å². The number of aliphatic hydroxyl groups is 1. The van der Waals surface area contributed by atoms with E-state index in [0.717, 1.165) is 28.4 Å². The molecule has 0 aromatic heterocycles. The quantitative estimate of drug-likeness (QED) is 0.874. The molecule has 1 aromatic carbocycles. The van der Waals surface area contributed by atoms with Crippen LogP contribution in [0, 0.1) is 5.82 Å². The maximum atomic E-state index is 13.6. The first-order valence-corrected chi connectivity index (χ1v) is 6.80. The van der Waals surface area contributed by atoms with Crippen LogP contribution in [-0.4, -0.2) is 31.5 Å². The minimum Gasteiger partial charge on any atom is -0.389 e. The van der Waals surface area contributed by atoms with Gasteiger partial charge in [-0.3, -0.25) is 0 Å². The molecule has 2 rings (SSSR count). The minimum atomic E-state index is -0.536. The van der Waals surface area contributed by atoms with Crippen LogP contribution in [-0.2, 0) is 11.2 Å². The SMILES string of the molecule is COC[C@@H](O)CN[C@H]1CCc2c(F)ccc(Br)c21. The highest BCUT2D eigenvalue weighted by atomic mass is 79.9. The van der Waals surface area contributed by atoms with E-state index >= 15 is 0 Å². The van der Waals surface area contributed by atoms with E-state index in [1.165, 1.54) is 6.07 Å². The van der Waals surface area contributed by atoms with Gasteiger partial charge in [-0.2, -0.15) is 0 Å². The van der Waals surface area contributed by atoms with Crippen molar-refractivity contribution in [3.8, 4) is 0 Å². The van der Waals surface area contributed by atoms with Crippen molar-refractivity contribution < 1.29 is 14.2 Å². The van der Waals surface area contributed by atoms with Crippen molar-refractivity contribution in [1.82, 2.24) is 5.32 Å². The second-order valence-corrected chi connectivity index (χ2v) is 5.38. The molecule has 0 amide bonds. The molecular weight excluding hydrogens is 301 g/mol. The lowest BCUT2D eigenvalue weighted by Crippen LogP contribution is -2.32. The lowest BCUT2D eigenvalue weighted by Gasteiger charge is -2.18. The molecule has 0 bridgehead atoms. The van der Waals surface area contributed by atoms with Crippen molar-refractivity contribution in [3.05, 3.63) is 33.5 Å². The second-order valence-electron chi connectivity index (χ2n) is 4.53. The largest absolute Gasteiger partial charge is 0.389 e. The topological polar surface area (TPSA) is 41.5 Å². The van der Waals surface area contributed by atoms with Crippen LogP contribution in [0.4, 0.5) is 4.39 Å². The Morgan fingerprint density at radius 2 is 2.39 bits per heavy atom. The third kappa shape index (κ3) is 2.91. The zero-order chi connectivity index (χ0) is 13.1. The highest BCUT2D eigenvalue weighted by Gasteiger charge is 2.27. The van der Waals surface area contributed by atoms with Gasteiger partial charge >= 0.3 is 0 Å². The highest BCUT2D eigenvalue weighted by Crippen LogP contribution is 2.37. The monoisotopic (exact) mass is 317 g/mol. The predicted molar refractivity (Wildman–Crippen MR) is 71.0 cm³/mol. The second kappa shape index (κ2) is 6.10. The molecule has 0 spiro atoms. The Bertz CT molecular complexity index is 428. The molecule has 2 N–H and O–H groups in total. The van der Waals surface area contributed by atoms with Crippen LogP contribution in [0.25, 0.3) is 0 Å². The number of ether oxygens (including phenoxy) is 1. The maximum Gasteiger partial charge on any atom is 0.126 e. The molecule has 0 fully saturated rings. The first-order valence-electron chi connectivity index (χ1n) is 6.00. The Morgan fingerprint density at radius 1 is 1.61 bits per heavy atom. The number of fused-ring (bicyclic) bond motifs is 1. The molecule has 0 unspecified atom stereocenters. The first kappa shape index (κ1) is 13.9. The number of rotatable bonds is 5. The van der Waals surface area contributed by atoms with Crippen molar-refractivity contribution in [2.45, 2.75) is 25.0 Å². The fourth-order valence-corrected chi connectivity index (χ4v) is 3.05. The standard InChI is InChI=1S/C13H17BrFNO2/c1-18-7-8(17)6-16-12-5-2-9-11(15)4-3-10(14)13(9)12/h3-4,8,12,16-17H,2,5-7H2,1H3/t8-,12-/m0/s1. The van der Waals surface area contributed by atoms with E-state index < -0.39 is 6.10 Å². The summed E-state index contributed by atoms with van der Waals surface area (Å²) < 4.78 is 19.4. The number of nitrogens with one attached hydrogen (secondary N) is 1. The first-order chi connectivity index (χ1) is 8.63. The fourth-order valence-electron chi connectivity index (χ4n) is 2.41. The van der Waals surface area contributed by atoms with Gasteiger partial charge < -0.3 is 15.2 Å². The zero-order valence-electron chi connectivity index (χ0n) is 10.2. The molecule has 100 valence electrons. The molecule has 5 heteroatoms. The Balaban J connectivity index is 2.05. The third-order valence-corrected chi connectivity index (χ3v) is 3.93. The number of hydrogen-bond donors (Lipinski definition) is 2. The average Bonchev–Trinajstić information content (AvgIpc) is 2.77. The molecule has 0 aliphatic heterocycles. The van der Waals surface area contributed by atoms with Crippen molar-refractivity contribution in [2.24, 2.45) is 0 Å². The Morgan fingerprint density at radius 3 is 3.11 bits per heavy atom. The third-order valence-electron chi connectivity index (χ3n) is 3.24. The summed E-state index contributed by atoms with van der Waals surface area (Å²) in [4.78, 5) is 0. The van der Waals surface area contributed by atoms with Crippen LogP contribution in [0.2, 0.25) is 0 Å². The van der Waals surface area contributed by atoms with Gasteiger partial charge in [-0.05, 0) is 36.1 Å². The maximum absolute atomic E-state index is 13.6. The highest BCUT2D eigenvalue weighted by molar-refractivity contribution is 9.10. The number of aliphatic hydroxyl groups excluding tert-OH is 1. The molecule has 1 aliphatic rings. The van der Waals surface area contributed by atoms with Gasteiger partial charge in [-0.25, -0.2) is 4.39 Å². The summed E-state index contributed by atoms with van der Waals surface area (Å²) in [5.41, 5.74) is 1.77. The smallest absolute Gasteiger partial charge is 0.126 e. The molecule has 0 saturated heterocycles. The predicted octanol–water partition coefficient (Wildman–Crippen LogP) is 2.17. The summed E-state index contributed by atoms with van der Waals surface area (Å²) in [5.74, 6) is -0.144. The van der Waals surface area contributed by atoms with E-state index in [2.05, 4.69) is 21.2 Å². The Hall–Kier alpha value is -0.490. The van der Waals surface area contributed by atoms with E-state index in [9.17, 15) is 9.50 Å². The molecular formula is C13H17BrFNO2. The van der Waals surface area contributed by atoms with Gasteiger partial charge in [0.2, 0.25) is 0 Å². The van der Waals surface area contributed by atoms with Crippen LogP contribution < -0.4 is 5.32 Å². The molecule has 1 aliphatic carbocycles. The summed E-state index contributed by atoms with van der Waals surface area (Å²) in [6, 6.07) is 3.32. The summed E-state index contributed by atoms with van der Waals surface area (Å²) in [5, 5.41) is 12.9. The van der Waals surface area contributed by atoms with Gasteiger partial charge in [0.15, 0.2) is 0 Å². The Labute approximate surface area is 114 Å². The normalized spacial score (nSPS) is 19.9. The molecule has 18 heavy (non-hydrogen) atoms. The van der Waals surface area contributed by atoms with Gasteiger partial charge in [-0.15, -0.1) is 0 Å². The van der Waals surface area contributed by atoms with E-state index in [1.54, 1.807) is 13.2 Å². The molecule has 3 nitrogen and oxygen atoms in total. The van der Waals surface area contributed by atoms with Gasteiger partial charge in [0.1, 0.15) is 5.82 Å². The van der Waals surface area contributed by atoms with Crippen LogP contribution in [0.3, 0.4) is 0 Å². The van der Waals surface area contributed by atoms with Gasteiger partial charge in [0.25, 0.3) is 0 Å². The van der Waals surface area contributed by atoms with Crippen molar-refractivity contribution in [2.75, 3.05) is 20.3 Å². The lowest BCUT2D eigenvalue weighted by molar-refractivity contribution is 0.0627. The molecule has 0 heterocycles. The van der Waals surface area contributed by atoms with Crippen LogP contribution in [0.1, 0.15) is 23.6 Å². The molecule has 0 radical (unpaired) electrons. The minimum absolute atomic E-state index is 0.0941. The molecule has 1 aromatic rings. The Kier molecular flexibility index (Phi) is 4.72. The average molecular weight is 318 g/mol. The zero-order valence-corrected chi connectivity index (χ0v) is 11.8. The number of halogens is 2. The summed E-state index contributed by atoms with van der Waals surface area (Å²) in [7, 11) is 1.56. The number of methoxy groups -OCH3 is 1. The molecule has 0 saturated carbocycles.